The minimum absolute atomic E-state index is 0.605. The van der Waals surface area contributed by atoms with Crippen LogP contribution in [0.2, 0.25) is 0 Å². The second-order valence-electron chi connectivity index (χ2n) is 5.17. The maximum atomic E-state index is 5.91. The molecule has 0 saturated heterocycles. The highest BCUT2D eigenvalue weighted by Gasteiger charge is 2.16. The van der Waals surface area contributed by atoms with Crippen molar-refractivity contribution in [2.45, 2.75) is 25.9 Å². The Kier molecular flexibility index (Phi) is 5.61. The minimum Gasteiger partial charge on any atom is -0.489 e. The number of hydrogen-bond donors (Lipinski definition) is 1. The van der Waals surface area contributed by atoms with Crippen molar-refractivity contribution in [1.82, 2.24) is 4.83 Å². The molecule has 0 aromatic heterocycles. The SMILES string of the molecule is ISN/N=C1\CCCc2cc(OCc3ccccc3)ccc21. The molecule has 22 heavy (non-hydrogen) atoms. The molecule has 0 aliphatic heterocycles. The van der Waals surface area contributed by atoms with Crippen LogP contribution < -0.4 is 9.57 Å². The van der Waals surface area contributed by atoms with Gasteiger partial charge in [0.25, 0.3) is 0 Å². The highest BCUT2D eigenvalue weighted by atomic mass is 127. The normalized spacial score (nSPS) is 15.4. The zero-order valence-electron chi connectivity index (χ0n) is 12.1. The van der Waals surface area contributed by atoms with Gasteiger partial charge in [0.2, 0.25) is 0 Å². The van der Waals surface area contributed by atoms with E-state index in [1.54, 1.807) is 0 Å². The summed E-state index contributed by atoms with van der Waals surface area (Å²) in [4.78, 5) is 2.98. The van der Waals surface area contributed by atoms with Gasteiger partial charge in [-0.3, -0.25) is 0 Å². The summed E-state index contributed by atoms with van der Waals surface area (Å²) >= 11 is 2.18. The zero-order valence-corrected chi connectivity index (χ0v) is 15.1. The van der Waals surface area contributed by atoms with Crippen molar-refractivity contribution in [1.29, 1.82) is 0 Å². The predicted octanol–water partition coefficient (Wildman–Crippen LogP) is 4.89. The molecule has 0 bridgehead atoms. The molecule has 3 rings (SSSR count). The second kappa shape index (κ2) is 7.87. The van der Waals surface area contributed by atoms with Crippen molar-refractivity contribution in [2.24, 2.45) is 5.10 Å². The standard InChI is InChI=1S/C17H17IN2OS/c18-22-20-19-17-8-4-7-14-11-15(9-10-16(14)17)21-12-13-5-2-1-3-6-13/h1-3,5-6,9-11,20H,4,7-8,12H2/b19-17+. The first-order valence-electron chi connectivity index (χ1n) is 7.26. The molecule has 0 spiro atoms. The maximum absolute atomic E-state index is 5.91. The number of fused-ring (bicyclic) bond motifs is 1. The summed E-state index contributed by atoms with van der Waals surface area (Å²) in [7, 11) is 1.49. The number of nitrogens with one attached hydrogen (secondary N) is 1. The lowest BCUT2D eigenvalue weighted by Gasteiger charge is -2.19. The molecule has 1 aliphatic carbocycles. The number of ether oxygens (including phenoxy) is 1. The van der Waals surface area contributed by atoms with Gasteiger partial charge < -0.3 is 4.74 Å². The zero-order chi connectivity index (χ0) is 15.2. The Balaban J connectivity index is 1.73. The van der Waals surface area contributed by atoms with Gasteiger partial charge in [0, 0.05) is 35.9 Å². The van der Waals surface area contributed by atoms with Crippen molar-refractivity contribution in [3.63, 3.8) is 0 Å². The molecule has 0 amide bonds. The van der Waals surface area contributed by atoms with Crippen LogP contribution in [0.3, 0.4) is 0 Å². The molecule has 0 heterocycles. The summed E-state index contributed by atoms with van der Waals surface area (Å²) in [5, 5.41) is 4.45. The fourth-order valence-corrected chi connectivity index (χ4v) is 3.10. The Morgan fingerprint density at radius 3 is 2.82 bits per heavy atom. The highest BCUT2D eigenvalue weighted by Crippen LogP contribution is 2.26. The summed E-state index contributed by atoms with van der Waals surface area (Å²) in [6.45, 7) is 0.605. The van der Waals surface area contributed by atoms with Gasteiger partial charge in [-0.1, -0.05) is 30.3 Å². The lowest BCUT2D eigenvalue weighted by atomic mass is 9.90. The van der Waals surface area contributed by atoms with E-state index < -0.39 is 0 Å². The first kappa shape index (κ1) is 15.7. The maximum Gasteiger partial charge on any atom is 0.120 e. The molecule has 1 N–H and O–H groups in total. The van der Waals surface area contributed by atoms with E-state index in [4.69, 9.17) is 4.74 Å². The van der Waals surface area contributed by atoms with Crippen molar-refractivity contribution < 1.29 is 4.74 Å². The molecule has 0 saturated carbocycles. The Hall–Kier alpha value is -1.21. The summed E-state index contributed by atoms with van der Waals surface area (Å²) < 4.78 is 5.91. The van der Waals surface area contributed by atoms with E-state index in [1.807, 2.05) is 24.3 Å². The second-order valence-corrected chi connectivity index (χ2v) is 6.83. The third-order valence-corrected chi connectivity index (χ3v) is 4.46. The average Bonchev–Trinajstić information content (AvgIpc) is 2.58. The monoisotopic (exact) mass is 424 g/mol. The van der Waals surface area contributed by atoms with Crippen LogP contribution in [0.25, 0.3) is 0 Å². The molecule has 1 aliphatic rings. The van der Waals surface area contributed by atoms with E-state index in [-0.39, 0.29) is 0 Å². The molecule has 0 radical (unpaired) electrons. The summed E-state index contributed by atoms with van der Waals surface area (Å²) in [5.74, 6) is 0.931. The first-order chi connectivity index (χ1) is 10.9. The molecule has 3 nitrogen and oxygen atoms in total. The van der Waals surface area contributed by atoms with E-state index in [9.17, 15) is 0 Å². The number of nitrogens with zero attached hydrogens (tertiary/aromatic N) is 1. The summed E-state index contributed by atoms with van der Waals surface area (Å²) in [6.07, 6.45) is 3.26. The molecular formula is C17H17IN2OS. The third kappa shape index (κ3) is 3.95. The number of hydrazone groups is 1. The van der Waals surface area contributed by atoms with Crippen molar-refractivity contribution in [3.05, 3.63) is 65.2 Å². The topological polar surface area (TPSA) is 33.6 Å². The number of rotatable bonds is 5. The fourth-order valence-electron chi connectivity index (χ4n) is 2.66. The Bertz CT molecular complexity index is 661. The molecule has 114 valence electrons. The van der Waals surface area contributed by atoms with E-state index in [1.165, 1.54) is 25.8 Å². The molecule has 0 unspecified atom stereocenters. The van der Waals surface area contributed by atoms with E-state index in [0.29, 0.717) is 6.61 Å². The third-order valence-electron chi connectivity index (χ3n) is 3.71. The number of halogens is 1. The van der Waals surface area contributed by atoms with Gasteiger partial charge in [0.05, 0.1) is 5.71 Å². The molecular weight excluding hydrogens is 407 g/mol. The lowest BCUT2D eigenvalue weighted by Crippen LogP contribution is -2.14. The van der Waals surface area contributed by atoms with Gasteiger partial charge >= 0.3 is 0 Å². The minimum atomic E-state index is 0.605. The first-order valence-corrected chi connectivity index (χ1v) is 10.6. The van der Waals surface area contributed by atoms with Crippen LogP contribution in [0, 0.1) is 0 Å². The average molecular weight is 424 g/mol. The van der Waals surface area contributed by atoms with Crippen LogP contribution in [0.1, 0.15) is 29.5 Å². The number of aryl methyl sites for hydroxylation is 1. The fraction of sp³-hybridized carbons (Fsp3) is 0.235. The molecule has 2 aromatic carbocycles. The van der Waals surface area contributed by atoms with Gasteiger partial charge in [0.1, 0.15) is 12.4 Å². The quantitative estimate of drug-likeness (QED) is 0.422. The molecule has 0 fully saturated rings. The Morgan fingerprint density at radius 1 is 1.14 bits per heavy atom. The van der Waals surface area contributed by atoms with Gasteiger partial charge in [-0.15, -0.1) is 0 Å². The van der Waals surface area contributed by atoms with Crippen molar-refractivity contribution in [3.8, 4) is 5.75 Å². The smallest absolute Gasteiger partial charge is 0.120 e. The van der Waals surface area contributed by atoms with Gasteiger partial charge in [-0.05, 0) is 48.6 Å². The summed E-state index contributed by atoms with van der Waals surface area (Å²) in [5.41, 5.74) is 4.90. The van der Waals surface area contributed by atoms with E-state index in [2.05, 4.69) is 55.4 Å². The van der Waals surface area contributed by atoms with Crippen molar-refractivity contribution in [2.75, 3.05) is 0 Å². The van der Waals surface area contributed by atoms with Crippen LogP contribution in [0.4, 0.5) is 0 Å². The van der Waals surface area contributed by atoms with Crippen LogP contribution in [-0.2, 0) is 13.0 Å². The number of hydrogen-bond acceptors (Lipinski definition) is 4. The van der Waals surface area contributed by atoms with Crippen LogP contribution in [0.15, 0.2) is 53.6 Å². The lowest BCUT2D eigenvalue weighted by molar-refractivity contribution is 0.306. The van der Waals surface area contributed by atoms with Crippen LogP contribution >= 0.6 is 30.3 Å². The number of benzene rings is 2. The summed E-state index contributed by atoms with van der Waals surface area (Å²) in [6, 6.07) is 16.6. The Morgan fingerprint density at radius 2 is 2.00 bits per heavy atom. The Labute approximate surface area is 147 Å². The van der Waals surface area contributed by atoms with E-state index >= 15 is 0 Å². The largest absolute Gasteiger partial charge is 0.489 e. The molecule has 2 aromatic rings. The molecule has 0 atom stereocenters. The highest BCUT2D eigenvalue weighted by molar-refractivity contribution is 14.2. The van der Waals surface area contributed by atoms with Crippen LogP contribution in [-0.4, -0.2) is 5.71 Å². The van der Waals surface area contributed by atoms with Crippen LogP contribution in [0.5, 0.6) is 5.75 Å². The molecule has 5 heteroatoms. The van der Waals surface area contributed by atoms with Gasteiger partial charge in [0.15, 0.2) is 0 Å². The predicted molar refractivity (Wildman–Crippen MR) is 101 cm³/mol. The van der Waals surface area contributed by atoms with Crippen molar-refractivity contribution >= 4 is 36.0 Å². The van der Waals surface area contributed by atoms with Gasteiger partial charge in [-0.2, -0.15) is 5.10 Å². The van der Waals surface area contributed by atoms with E-state index in [0.717, 1.165) is 30.7 Å². The van der Waals surface area contributed by atoms with Gasteiger partial charge in [-0.25, -0.2) is 4.83 Å².